The van der Waals surface area contributed by atoms with Gasteiger partial charge in [0.1, 0.15) is 18.0 Å². The van der Waals surface area contributed by atoms with E-state index in [1.165, 1.54) is 11.0 Å². The minimum absolute atomic E-state index is 0.0462. The normalized spacial score (nSPS) is 16.6. The highest BCUT2D eigenvalue weighted by atomic mass is 16.5. The molecule has 108 valence electrons. The molecule has 0 atom stereocenters. The minimum Gasteiger partial charge on any atom is -0.507 e. The van der Waals surface area contributed by atoms with Crippen molar-refractivity contribution in [2.75, 3.05) is 19.7 Å². The van der Waals surface area contributed by atoms with Gasteiger partial charge in [0, 0.05) is 0 Å². The lowest BCUT2D eigenvalue weighted by molar-refractivity contribution is -0.159. The Morgan fingerprint density at radius 2 is 2.05 bits per heavy atom. The van der Waals surface area contributed by atoms with Crippen molar-refractivity contribution in [3.8, 4) is 5.75 Å². The number of carbonyl (C=O) groups is 2. The Kier molecular flexibility index (Phi) is 3.67. The summed E-state index contributed by atoms with van der Waals surface area (Å²) in [5.41, 5.74) is 0.488. The highest BCUT2D eigenvalue weighted by molar-refractivity contribution is 5.97. The van der Waals surface area contributed by atoms with Crippen LogP contribution in [0.15, 0.2) is 18.2 Å². The first-order valence-electron chi connectivity index (χ1n) is 6.25. The smallest absolute Gasteiger partial charge is 0.329 e. The van der Waals surface area contributed by atoms with E-state index < -0.39 is 11.6 Å². The number of hydrogen-bond donors (Lipinski definition) is 2. The number of likely N-dealkylation sites (tertiary alicyclic amines) is 1. The van der Waals surface area contributed by atoms with E-state index in [2.05, 4.69) is 0 Å². The zero-order chi connectivity index (χ0) is 14.9. The minimum atomic E-state index is -1.04. The first kappa shape index (κ1) is 14.3. The van der Waals surface area contributed by atoms with Crippen LogP contribution in [-0.4, -0.2) is 52.3 Å². The molecule has 0 unspecified atom stereocenters. The number of phenols is 1. The van der Waals surface area contributed by atoms with Crippen molar-refractivity contribution in [3.63, 3.8) is 0 Å². The van der Waals surface area contributed by atoms with E-state index in [4.69, 9.17) is 9.84 Å². The number of phenolic OH excluding ortho intramolecular Hbond substituents is 1. The fourth-order valence-electron chi connectivity index (χ4n) is 2.22. The van der Waals surface area contributed by atoms with Gasteiger partial charge in [-0.3, -0.25) is 4.79 Å². The molecule has 2 N–H and O–H groups in total. The van der Waals surface area contributed by atoms with Crippen molar-refractivity contribution in [3.05, 3.63) is 29.3 Å². The molecule has 1 heterocycles. The van der Waals surface area contributed by atoms with Crippen LogP contribution >= 0.6 is 0 Å². The third-order valence-electron chi connectivity index (χ3n) is 3.27. The van der Waals surface area contributed by atoms with Crippen molar-refractivity contribution in [1.29, 1.82) is 0 Å². The standard InChI is InChI=1S/C14H17NO5/c1-9-3-4-10(11(16)5-9)13(19)15-7-14(2,8-15)20-6-12(17)18/h3-5,16H,6-8H2,1-2H3,(H,17,18). The number of benzene rings is 1. The Balaban J connectivity index is 1.98. The number of aliphatic carboxylic acids is 1. The fraction of sp³-hybridized carbons (Fsp3) is 0.429. The van der Waals surface area contributed by atoms with Crippen LogP contribution in [0.1, 0.15) is 22.8 Å². The number of carbonyl (C=O) groups excluding carboxylic acids is 1. The third kappa shape index (κ3) is 2.91. The van der Waals surface area contributed by atoms with E-state index in [1.54, 1.807) is 19.1 Å². The van der Waals surface area contributed by atoms with Gasteiger partial charge in [0.25, 0.3) is 5.91 Å². The van der Waals surface area contributed by atoms with Gasteiger partial charge >= 0.3 is 5.97 Å². The summed E-state index contributed by atoms with van der Waals surface area (Å²) in [6, 6.07) is 4.88. The highest BCUT2D eigenvalue weighted by Gasteiger charge is 2.43. The predicted molar refractivity (Wildman–Crippen MR) is 70.7 cm³/mol. The summed E-state index contributed by atoms with van der Waals surface area (Å²) in [4.78, 5) is 24.2. The van der Waals surface area contributed by atoms with E-state index in [9.17, 15) is 14.7 Å². The molecule has 0 radical (unpaired) electrons. The summed E-state index contributed by atoms with van der Waals surface area (Å²) in [7, 11) is 0. The van der Waals surface area contributed by atoms with Crippen LogP contribution < -0.4 is 0 Å². The van der Waals surface area contributed by atoms with Crippen molar-refractivity contribution in [2.45, 2.75) is 19.4 Å². The second-order valence-electron chi connectivity index (χ2n) is 5.31. The van der Waals surface area contributed by atoms with Crippen molar-refractivity contribution < 1.29 is 24.5 Å². The van der Waals surface area contributed by atoms with Gasteiger partial charge in [-0.15, -0.1) is 0 Å². The predicted octanol–water partition coefficient (Wildman–Crippen LogP) is 1.02. The van der Waals surface area contributed by atoms with Gasteiger partial charge in [-0.1, -0.05) is 6.07 Å². The Bertz CT molecular complexity index is 548. The molecule has 6 heteroatoms. The maximum absolute atomic E-state index is 12.2. The van der Waals surface area contributed by atoms with Gasteiger partial charge in [0.05, 0.1) is 18.7 Å². The van der Waals surface area contributed by atoms with Gasteiger partial charge in [0.15, 0.2) is 0 Å². The number of aryl methyl sites for hydroxylation is 1. The quantitative estimate of drug-likeness (QED) is 0.859. The van der Waals surface area contributed by atoms with Crippen molar-refractivity contribution >= 4 is 11.9 Å². The number of aromatic hydroxyl groups is 1. The maximum Gasteiger partial charge on any atom is 0.329 e. The summed E-state index contributed by atoms with van der Waals surface area (Å²) in [5, 5.41) is 18.4. The van der Waals surface area contributed by atoms with E-state index in [1.807, 2.05) is 6.92 Å². The van der Waals surface area contributed by atoms with Crippen LogP contribution in [0.4, 0.5) is 0 Å². The van der Waals surface area contributed by atoms with E-state index in [-0.39, 0.29) is 23.8 Å². The summed E-state index contributed by atoms with van der Waals surface area (Å²) in [5.74, 6) is -1.36. The van der Waals surface area contributed by atoms with Crippen molar-refractivity contribution in [2.24, 2.45) is 0 Å². The Labute approximate surface area is 116 Å². The molecular formula is C14H17NO5. The second-order valence-corrected chi connectivity index (χ2v) is 5.31. The van der Waals surface area contributed by atoms with E-state index in [0.29, 0.717) is 13.1 Å². The first-order valence-corrected chi connectivity index (χ1v) is 6.25. The number of carboxylic acid groups (broad SMARTS) is 1. The zero-order valence-corrected chi connectivity index (χ0v) is 11.4. The van der Waals surface area contributed by atoms with Gasteiger partial charge < -0.3 is 19.8 Å². The van der Waals surface area contributed by atoms with Crippen LogP contribution in [0.2, 0.25) is 0 Å². The lowest BCUT2D eigenvalue weighted by Gasteiger charge is -2.47. The molecule has 1 aromatic rings. The van der Waals surface area contributed by atoms with Crippen LogP contribution in [0.3, 0.4) is 0 Å². The largest absolute Gasteiger partial charge is 0.507 e. The molecular weight excluding hydrogens is 262 g/mol. The zero-order valence-electron chi connectivity index (χ0n) is 11.4. The molecule has 1 amide bonds. The Morgan fingerprint density at radius 3 is 2.60 bits per heavy atom. The molecule has 1 fully saturated rings. The number of amides is 1. The lowest BCUT2D eigenvalue weighted by Crippen LogP contribution is -2.63. The van der Waals surface area contributed by atoms with E-state index in [0.717, 1.165) is 5.56 Å². The molecule has 0 spiro atoms. The van der Waals surface area contributed by atoms with Crippen LogP contribution in [-0.2, 0) is 9.53 Å². The van der Waals surface area contributed by atoms with Gasteiger partial charge in [0.2, 0.25) is 0 Å². The molecule has 0 saturated carbocycles. The molecule has 0 aromatic heterocycles. The summed E-state index contributed by atoms with van der Waals surface area (Å²) < 4.78 is 5.24. The lowest BCUT2D eigenvalue weighted by atomic mass is 9.95. The summed E-state index contributed by atoms with van der Waals surface area (Å²) in [6.07, 6.45) is 0. The molecule has 2 rings (SSSR count). The number of hydrogen-bond acceptors (Lipinski definition) is 4. The van der Waals surface area contributed by atoms with Crippen LogP contribution in [0.5, 0.6) is 5.75 Å². The van der Waals surface area contributed by atoms with Gasteiger partial charge in [-0.2, -0.15) is 0 Å². The van der Waals surface area contributed by atoms with E-state index >= 15 is 0 Å². The number of ether oxygens (including phenoxy) is 1. The molecule has 1 aliphatic heterocycles. The van der Waals surface area contributed by atoms with Gasteiger partial charge in [-0.25, -0.2) is 4.79 Å². The summed E-state index contributed by atoms with van der Waals surface area (Å²) in [6.45, 7) is 3.83. The maximum atomic E-state index is 12.2. The molecule has 1 saturated heterocycles. The SMILES string of the molecule is Cc1ccc(C(=O)N2CC(C)(OCC(=O)O)C2)c(O)c1. The summed E-state index contributed by atoms with van der Waals surface area (Å²) >= 11 is 0. The topological polar surface area (TPSA) is 87.1 Å². The second kappa shape index (κ2) is 5.13. The third-order valence-corrected chi connectivity index (χ3v) is 3.27. The Morgan fingerprint density at radius 1 is 1.40 bits per heavy atom. The Hall–Kier alpha value is -2.08. The highest BCUT2D eigenvalue weighted by Crippen LogP contribution is 2.28. The molecule has 0 aliphatic carbocycles. The number of nitrogens with zero attached hydrogens (tertiary/aromatic N) is 1. The first-order chi connectivity index (χ1) is 9.31. The monoisotopic (exact) mass is 279 g/mol. The molecule has 20 heavy (non-hydrogen) atoms. The molecule has 0 bridgehead atoms. The molecule has 6 nitrogen and oxygen atoms in total. The van der Waals surface area contributed by atoms with Crippen LogP contribution in [0, 0.1) is 6.92 Å². The molecule has 1 aromatic carbocycles. The average Bonchev–Trinajstić information content (AvgIpc) is 2.32. The van der Waals surface area contributed by atoms with Gasteiger partial charge in [-0.05, 0) is 31.5 Å². The fourth-order valence-corrected chi connectivity index (χ4v) is 2.22. The van der Waals surface area contributed by atoms with Crippen molar-refractivity contribution in [1.82, 2.24) is 4.90 Å². The number of carboxylic acids is 1. The molecule has 1 aliphatic rings. The number of rotatable bonds is 4. The average molecular weight is 279 g/mol. The van der Waals surface area contributed by atoms with Crippen LogP contribution in [0.25, 0.3) is 0 Å².